The number of benzene rings is 1. The van der Waals surface area contributed by atoms with Crippen molar-refractivity contribution in [3.63, 3.8) is 0 Å². The summed E-state index contributed by atoms with van der Waals surface area (Å²) in [6.07, 6.45) is 5.65. The minimum atomic E-state index is 0.515. The van der Waals surface area contributed by atoms with Gasteiger partial charge in [0, 0.05) is 42.3 Å². The smallest absolute Gasteiger partial charge is 0.229 e. The number of aryl methyl sites for hydroxylation is 2. The number of likely N-dealkylation sites (N-methyl/N-ethyl adjacent to an activating group) is 1. The number of anilines is 4. The van der Waals surface area contributed by atoms with Crippen LogP contribution in [0.3, 0.4) is 0 Å². The average Bonchev–Trinajstić information content (AvgIpc) is 2.69. The molecule has 1 saturated heterocycles. The molecule has 0 saturated carbocycles. The predicted molar refractivity (Wildman–Crippen MR) is 114 cm³/mol. The predicted octanol–water partition coefficient (Wildman–Crippen LogP) is 3.64. The largest absolute Gasteiger partial charge is 0.398 e. The fourth-order valence-corrected chi connectivity index (χ4v) is 3.46. The molecule has 0 amide bonds. The van der Waals surface area contributed by atoms with Gasteiger partial charge in [0.15, 0.2) is 0 Å². The molecule has 4 N–H and O–H groups in total. The molecular weight excluding hydrogens is 336 g/mol. The van der Waals surface area contributed by atoms with Crippen molar-refractivity contribution in [1.29, 1.82) is 0 Å². The number of hydrogen-bond donors (Lipinski definition) is 3. The molecule has 27 heavy (non-hydrogen) atoms. The highest BCUT2D eigenvalue weighted by atomic mass is 15.2. The zero-order valence-corrected chi connectivity index (χ0v) is 16.8. The normalized spacial score (nSPS) is 17.1. The van der Waals surface area contributed by atoms with Crippen molar-refractivity contribution in [2.75, 3.05) is 36.1 Å². The van der Waals surface area contributed by atoms with Crippen molar-refractivity contribution in [1.82, 2.24) is 15.3 Å². The van der Waals surface area contributed by atoms with Crippen LogP contribution in [0.4, 0.5) is 23.1 Å². The van der Waals surface area contributed by atoms with Crippen LogP contribution in [0.2, 0.25) is 0 Å². The molecule has 1 aromatic carbocycles. The van der Waals surface area contributed by atoms with Gasteiger partial charge in [-0.25, -0.2) is 4.98 Å². The molecule has 6 nitrogen and oxygen atoms in total. The summed E-state index contributed by atoms with van der Waals surface area (Å²) in [6.45, 7) is 6.24. The number of piperidine rings is 1. The Bertz CT molecular complexity index is 760. The van der Waals surface area contributed by atoms with E-state index in [-0.39, 0.29) is 0 Å². The summed E-state index contributed by atoms with van der Waals surface area (Å²) in [5, 5.41) is 6.75. The third kappa shape index (κ3) is 5.10. The lowest BCUT2D eigenvalue weighted by Gasteiger charge is -2.33. The van der Waals surface area contributed by atoms with Crippen LogP contribution in [-0.4, -0.2) is 36.1 Å². The molecule has 1 aromatic heterocycles. The van der Waals surface area contributed by atoms with Crippen LogP contribution in [0.1, 0.15) is 43.9 Å². The third-order valence-electron chi connectivity index (χ3n) is 5.24. The number of hydrogen-bond acceptors (Lipinski definition) is 6. The summed E-state index contributed by atoms with van der Waals surface area (Å²) < 4.78 is 0. The Morgan fingerprint density at radius 2 is 2.11 bits per heavy atom. The molecule has 6 heteroatoms. The van der Waals surface area contributed by atoms with Crippen LogP contribution >= 0.6 is 0 Å². The van der Waals surface area contributed by atoms with Gasteiger partial charge in [-0.1, -0.05) is 19.4 Å². The van der Waals surface area contributed by atoms with Crippen molar-refractivity contribution < 1.29 is 0 Å². The van der Waals surface area contributed by atoms with E-state index in [0.717, 1.165) is 60.8 Å². The maximum absolute atomic E-state index is 6.05. The number of unbranched alkanes of at least 4 members (excludes halogenated alkanes) is 1. The van der Waals surface area contributed by atoms with Gasteiger partial charge in [-0.05, 0) is 57.4 Å². The number of aromatic nitrogens is 2. The van der Waals surface area contributed by atoms with E-state index in [1.807, 2.05) is 32.2 Å². The minimum Gasteiger partial charge on any atom is -0.398 e. The van der Waals surface area contributed by atoms with Gasteiger partial charge >= 0.3 is 0 Å². The molecule has 1 atom stereocenters. The van der Waals surface area contributed by atoms with Crippen LogP contribution < -0.4 is 21.3 Å². The molecule has 1 aliphatic heterocycles. The van der Waals surface area contributed by atoms with E-state index in [4.69, 9.17) is 15.7 Å². The van der Waals surface area contributed by atoms with E-state index in [2.05, 4.69) is 28.5 Å². The Labute approximate surface area is 162 Å². The van der Waals surface area contributed by atoms with E-state index in [1.165, 1.54) is 12.8 Å². The molecule has 0 bridgehead atoms. The molecule has 0 unspecified atom stereocenters. The zero-order valence-electron chi connectivity index (χ0n) is 16.8. The summed E-state index contributed by atoms with van der Waals surface area (Å²) in [6, 6.07) is 8.64. The Hall–Kier alpha value is -2.34. The molecular formula is C21H32N6. The summed E-state index contributed by atoms with van der Waals surface area (Å²) in [5.41, 5.74) is 9.91. The summed E-state index contributed by atoms with van der Waals surface area (Å²) in [4.78, 5) is 11.9. The SMILES string of the molecule is CCCCc1cc(N2CCC[C@@H](NC)C2)nc(Nc2ccc(C)c(N)c2)n1. The first-order valence-electron chi connectivity index (χ1n) is 10.0. The topological polar surface area (TPSA) is 79.1 Å². The summed E-state index contributed by atoms with van der Waals surface area (Å²) in [7, 11) is 2.04. The first kappa shape index (κ1) is 19.4. The monoisotopic (exact) mass is 368 g/mol. The summed E-state index contributed by atoms with van der Waals surface area (Å²) in [5.74, 6) is 1.66. The highest BCUT2D eigenvalue weighted by molar-refractivity contribution is 5.63. The molecule has 0 aliphatic carbocycles. The van der Waals surface area contributed by atoms with Crippen molar-refractivity contribution >= 4 is 23.1 Å². The number of nitrogens with zero attached hydrogens (tertiary/aromatic N) is 3. The van der Waals surface area contributed by atoms with Gasteiger partial charge in [-0.15, -0.1) is 0 Å². The number of nitrogens with two attached hydrogens (primary N) is 1. The number of nitrogen functional groups attached to an aromatic ring is 1. The van der Waals surface area contributed by atoms with Gasteiger partial charge < -0.3 is 21.3 Å². The van der Waals surface area contributed by atoms with Crippen LogP contribution in [-0.2, 0) is 6.42 Å². The van der Waals surface area contributed by atoms with E-state index in [0.29, 0.717) is 12.0 Å². The van der Waals surface area contributed by atoms with Gasteiger partial charge in [-0.3, -0.25) is 0 Å². The van der Waals surface area contributed by atoms with Crippen LogP contribution in [0.5, 0.6) is 0 Å². The highest BCUT2D eigenvalue weighted by Crippen LogP contribution is 2.24. The van der Waals surface area contributed by atoms with E-state index in [9.17, 15) is 0 Å². The number of rotatable bonds is 7. The van der Waals surface area contributed by atoms with Crippen molar-refractivity contribution in [3.8, 4) is 0 Å². The van der Waals surface area contributed by atoms with Gasteiger partial charge in [0.05, 0.1) is 0 Å². The molecule has 2 heterocycles. The summed E-state index contributed by atoms with van der Waals surface area (Å²) >= 11 is 0. The first-order chi connectivity index (χ1) is 13.1. The lowest BCUT2D eigenvalue weighted by atomic mass is 10.1. The molecule has 146 valence electrons. The second kappa shape index (κ2) is 9.04. The van der Waals surface area contributed by atoms with Gasteiger partial charge in [-0.2, -0.15) is 4.98 Å². The van der Waals surface area contributed by atoms with E-state index in [1.54, 1.807) is 0 Å². The fraction of sp³-hybridized carbons (Fsp3) is 0.524. The second-order valence-electron chi connectivity index (χ2n) is 7.41. The van der Waals surface area contributed by atoms with Gasteiger partial charge in [0.2, 0.25) is 5.95 Å². The van der Waals surface area contributed by atoms with E-state index >= 15 is 0 Å². The van der Waals surface area contributed by atoms with E-state index < -0.39 is 0 Å². The van der Waals surface area contributed by atoms with Gasteiger partial charge in [0.1, 0.15) is 5.82 Å². The molecule has 1 fully saturated rings. The van der Waals surface area contributed by atoms with Crippen molar-refractivity contribution in [2.24, 2.45) is 0 Å². The van der Waals surface area contributed by atoms with Crippen molar-refractivity contribution in [2.45, 2.75) is 52.0 Å². The molecule has 0 radical (unpaired) electrons. The molecule has 0 spiro atoms. The third-order valence-corrected chi connectivity index (χ3v) is 5.24. The number of nitrogens with one attached hydrogen (secondary N) is 2. The minimum absolute atomic E-state index is 0.515. The lowest BCUT2D eigenvalue weighted by molar-refractivity contribution is 0.447. The Morgan fingerprint density at radius 1 is 1.26 bits per heavy atom. The standard InChI is InChI=1S/C21H32N6/c1-4-5-7-16-13-20(27-11-6-8-18(14-27)23-3)26-21(24-16)25-17-10-9-15(2)19(22)12-17/h9-10,12-13,18,23H,4-8,11,14,22H2,1-3H3,(H,24,25,26)/t18-/m1/s1. The fourth-order valence-electron chi connectivity index (χ4n) is 3.46. The Balaban J connectivity index is 1.86. The van der Waals surface area contributed by atoms with Crippen molar-refractivity contribution in [3.05, 3.63) is 35.5 Å². The molecule has 3 rings (SSSR count). The Kier molecular flexibility index (Phi) is 6.50. The average molecular weight is 369 g/mol. The van der Waals surface area contributed by atoms with Crippen LogP contribution in [0.25, 0.3) is 0 Å². The van der Waals surface area contributed by atoms with Gasteiger partial charge in [0.25, 0.3) is 0 Å². The zero-order chi connectivity index (χ0) is 19.2. The lowest BCUT2D eigenvalue weighted by Crippen LogP contribution is -2.44. The first-order valence-corrected chi connectivity index (χ1v) is 10.0. The maximum atomic E-state index is 6.05. The molecule has 1 aliphatic rings. The quantitative estimate of drug-likeness (QED) is 0.648. The second-order valence-corrected chi connectivity index (χ2v) is 7.41. The highest BCUT2D eigenvalue weighted by Gasteiger charge is 2.20. The Morgan fingerprint density at radius 3 is 2.85 bits per heavy atom. The maximum Gasteiger partial charge on any atom is 0.229 e. The molecule has 2 aromatic rings. The van der Waals surface area contributed by atoms with Crippen LogP contribution in [0.15, 0.2) is 24.3 Å². The van der Waals surface area contributed by atoms with Crippen LogP contribution in [0, 0.1) is 6.92 Å².